The highest BCUT2D eigenvalue weighted by Crippen LogP contribution is 2.38. The first-order valence-corrected chi connectivity index (χ1v) is 14.4. The van der Waals surface area contributed by atoms with Crippen molar-refractivity contribution in [2.75, 3.05) is 10.6 Å². The number of fused-ring (bicyclic) bond motifs is 1. The first kappa shape index (κ1) is 27.7. The fraction of sp³-hybridized carbons (Fsp3) is 0.212. The predicted molar refractivity (Wildman–Crippen MR) is 164 cm³/mol. The summed E-state index contributed by atoms with van der Waals surface area (Å²) in [5.41, 5.74) is 4.82. The largest absolute Gasteiger partial charge is 0.377 e. The molecule has 1 fully saturated rings. The number of benzene rings is 3. The molecule has 0 spiro atoms. The number of halogens is 1. The third kappa shape index (κ3) is 5.83. The molecular formula is C33H26ClN9. The Labute approximate surface area is 254 Å². The summed E-state index contributed by atoms with van der Waals surface area (Å²) in [4.78, 5) is 4.49. The van der Waals surface area contributed by atoms with Crippen molar-refractivity contribution in [3.05, 3.63) is 112 Å². The number of hydrogen-bond acceptors (Lipinski definition) is 8. The maximum atomic E-state index is 10.2. The summed E-state index contributed by atoms with van der Waals surface area (Å²) in [5, 5.41) is 46.6. The molecule has 0 saturated heterocycles. The number of anilines is 2. The minimum absolute atomic E-state index is 0.242. The molecule has 1 saturated carbocycles. The summed E-state index contributed by atoms with van der Waals surface area (Å²) in [5.74, 6) is 0. The summed E-state index contributed by atoms with van der Waals surface area (Å²) < 4.78 is 1.89. The third-order valence-corrected chi connectivity index (χ3v) is 7.89. The summed E-state index contributed by atoms with van der Waals surface area (Å²) in [6, 6.07) is 27.4. The smallest absolute Gasteiger partial charge is 0.110 e. The Morgan fingerprint density at radius 3 is 2.44 bits per heavy atom. The van der Waals surface area contributed by atoms with Gasteiger partial charge in [-0.15, -0.1) is 5.10 Å². The zero-order chi connectivity index (χ0) is 29.8. The van der Waals surface area contributed by atoms with Crippen LogP contribution in [-0.2, 0) is 0 Å². The van der Waals surface area contributed by atoms with E-state index in [1.165, 1.54) is 6.20 Å². The highest BCUT2D eigenvalue weighted by Gasteiger charge is 2.28. The Bertz CT molecular complexity index is 1910. The van der Waals surface area contributed by atoms with Crippen LogP contribution in [0.1, 0.15) is 71.8 Å². The molecule has 6 rings (SSSR count). The zero-order valence-corrected chi connectivity index (χ0v) is 23.8. The van der Waals surface area contributed by atoms with E-state index in [2.05, 4.69) is 44.1 Å². The normalized spacial score (nSPS) is 13.8. The second kappa shape index (κ2) is 12.2. The van der Waals surface area contributed by atoms with Crippen LogP contribution < -0.4 is 10.6 Å². The van der Waals surface area contributed by atoms with Gasteiger partial charge in [-0.2, -0.15) is 15.8 Å². The van der Waals surface area contributed by atoms with Crippen LogP contribution in [0.2, 0.25) is 5.02 Å². The molecule has 0 aliphatic heterocycles. The topological polar surface area (TPSA) is 139 Å². The standard InChI is InChI=1S/C33H26ClN9/c34-28-10-5-4-9-26(28)33(30-20-43(42-41-30)25-12-13-25)39-24-15-22(17-36)31-27(16-24)32(23(18-37)19-38-31)40-29(11-6-14-35)21-7-2-1-3-8-21/h1-5,7-10,15-16,19-20,25,29,33,39H,6,11-13H2,(H,38,40)/t29-,33+/m1/s1. The monoisotopic (exact) mass is 583 g/mol. The van der Waals surface area contributed by atoms with Crippen molar-refractivity contribution in [3.8, 4) is 18.2 Å². The molecule has 210 valence electrons. The van der Waals surface area contributed by atoms with Crippen molar-refractivity contribution in [2.45, 2.75) is 43.8 Å². The van der Waals surface area contributed by atoms with Gasteiger partial charge in [-0.3, -0.25) is 4.98 Å². The molecule has 1 aliphatic carbocycles. The average Bonchev–Trinajstić information content (AvgIpc) is 3.78. The highest BCUT2D eigenvalue weighted by atomic mass is 35.5. The molecule has 0 unspecified atom stereocenters. The number of rotatable bonds is 10. The molecule has 1 aliphatic rings. The van der Waals surface area contributed by atoms with Gasteiger partial charge in [-0.05, 0) is 48.6 Å². The summed E-state index contributed by atoms with van der Waals surface area (Å²) in [7, 11) is 0. The van der Waals surface area contributed by atoms with E-state index >= 15 is 0 Å². The fourth-order valence-electron chi connectivity index (χ4n) is 5.23. The molecule has 0 amide bonds. The van der Waals surface area contributed by atoms with E-state index in [-0.39, 0.29) is 6.04 Å². The van der Waals surface area contributed by atoms with Gasteiger partial charge in [0.1, 0.15) is 17.8 Å². The van der Waals surface area contributed by atoms with E-state index in [0.29, 0.717) is 63.0 Å². The highest BCUT2D eigenvalue weighted by molar-refractivity contribution is 6.31. The van der Waals surface area contributed by atoms with E-state index in [1.54, 1.807) is 6.07 Å². The fourth-order valence-corrected chi connectivity index (χ4v) is 5.47. The predicted octanol–water partition coefficient (Wildman–Crippen LogP) is 7.22. The number of nitrogens with zero attached hydrogens (tertiary/aromatic N) is 7. The maximum absolute atomic E-state index is 10.2. The second-order valence-electron chi connectivity index (χ2n) is 10.4. The van der Waals surface area contributed by atoms with Gasteiger partial charge in [0.05, 0.1) is 52.7 Å². The molecular weight excluding hydrogens is 558 g/mol. The molecule has 2 aromatic heterocycles. The van der Waals surface area contributed by atoms with Gasteiger partial charge in [0.2, 0.25) is 0 Å². The van der Waals surface area contributed by atoms with Gasteiger partial charge < -0.3 is 10.6 Å². The van der Waals surface area contributed by atoms with E-state index in [1.807, 2.05) is 71.5 Å². The van der Waals surface area contributed by atoms with Crippen molar-refractivity contribution in [1.82, 2.24) is 20.0 Å². The van der Waals surface area contributed by atoms with Crippen LogP contribution in [0.15, 0.2) is 79.1 Å². The van der Waals surface area contributed by atoms with E-state index in [0.717, 1.165) is 24.0 Å². The minimum Gasteiger partial charge on any atom is -0.377 e. The Morgan fingerprint density at radius 1 is 0.953 bits per heavy atom. The summed E-state index contributed by atoms with van der Waals surface area (Å²) in [6.07, 6.45) is 6.43. The van der Waals surface area contributed by atoms with Gasteiger partial charge in [-0.25, -0.2) is 4.68 Å². The van der Waals surface area contributed by atoms with E-state index in [4.69, 9.17) is 11.6 Å². The van der Waals surface area contributed by atoms with Crippen LogP contribution in [0, 0.1) is 34.0 Å². The molecule has 2 N–H and O–H groups in total. The van der Waals surface area contributed by atoms with Crippen LogP contribution in [0.4, 0.5) is 11.4 Å². The Hall–Kier alpha value is -5.43. The first-order valence-electron chi connectivity index (χ1n) is 14.0. The Morgan fingerprint density at radius 2 is 1.72 bits per heavy atom. The SMILES string of the molecule is N#CCC[C@@H](Nc1c(C#N)cnc2c(C#N)cc(N[C@H](c3cn(C4CC4)nn3)c3ccccc3Cl)cc12)c1ccccc1. The number of hydrogen-bond donors (Lipinski definition) is 2. The molecule has 9 nitrogen and oxygen atoms in total. The lowest BCUT2D eigenvalue weighted by Crippen LogP contribution is -2.15. The van der Waals surface area contributed by atoms with Crippen LogP contribution in [-0.4, -0.2) is 20.0 Å². The molecule has 3 aromatic carbocycles. The zero-order valence-electron chi connectivity index (χ0n) is 23.1. The lowest BCUT2D eigenvalue weighted by atomic mass is 9.99. The van der Waals surface area contributed by atoms with Crippen molar-refractivity contribution in [2.24, 2.45) is 0 Å². The Kier molecular flexibility index (Phi) is 7.87. The van der Waals surface area contributed by atoms with Crippen molar-refractivity contribution < 1.29 is 0 Å². The van der Waals surface area contributed by atoms with Crippen LogP contribution >= 0.6 is 11.6 Å². The molecule has 2 atom stereocenters. The van der Waals surface area contributed by atoms with Crippen molar-refractivity contribution in [3.63, 3.8) is 0 Å². The number of nitrogens with one attached hydrogen (secondary N) is 2. The van der Waals surface area contributed by atoms with Gasteiger partial charge >= 0.3 is 0 Å². The molecule has 43 heavy (non-hydrogen) atoms. The Balaban J connectivity index is 1.46. The molecule has 10 heteroatoms. The van der Waals surface area contributed by atoms with E-state index < -0.39 is 6.04 Å². The van der Waals surface area contributed by atoms with Crippen LogP contribution in [0.3, 0.4) is 0 Å². The number of pyridine rings is 1. The van der Waals surface area contributed by atoms with Gasteiger partial charge in [0.25, 0.3) is 0 Å². The molecule has 0 bridgehead atoms. The van der Waals surface area contributed by atoms with Crippen LogP contribution in [0.5, 0.6) is 0 Å². The summed E-state index contributed by atoms with van der Waals surface area (Å²) >= 11 is 6.67. The quantitative estimate of drug-likeness (QED) is 0.176. The summed E-state index contributed by atoms with van der Waals surface area (Å²) in [6.45, 7) is 0. The number of nitriles is 3. The average molecular weight is 584 g/mol. The van der Waals surface area contributed by atoms with Crippen molar-refractivity contribution in [1.29, 1.82) is 15.8 Å². The van der Waals surface area contributed by atoms with Crippen molar-refractivity contribution >= 4 is 33.9 Å². The van der Waals surface area contributed by atoms with Gasteiger partial charge in [0, 0.05) is 28.7 Å². The lowest BCUT2D eigenvalue weighted by molar-refractivity contribution is 0.610. The van der Waals surface area contributed by atoms with Crippen LogP contribution in [0.25, 0.3) is 10.9 Å². The minimum atomic E-state index is -0.457. The van der Waals surface area contributed by atoms with E-state index in [9.17, 15) is 15.8 Å². The third-order valence-electron chi connectivity index (χ3n) is 7.55. The maximum Gasteiger partial charge on any atom is 0.110 e. The first-order chi connectivity index (χ1) is 21.1. The lowest BCUT2D eigenvalue weighted by Gasteiger charge is -2.23. The molecule has 0 radical (unpaired) electrons. The molecule has 2 heterocycles. The number of aromatic nitrogens is 4. The van der Waals surface area contributed by atoms with Gasteiger partial charge in [-0.1, -0.05) is 65.3 Å². The van der Waals surface area contributed by atoms with Gasteiger partial charge in [0.15, 0.2) is 0 Å². The molecule has 5 aromatic rings. The second-order valence-corrected chi connectivity index (χ2v) is 10.9.